The quantitative estimate of drug-likeness (QED) is 0.809. The minimum absolute atomic E-state index is 0.483. The van der Waals surface area contributed by atoms with Gasteiger partial charge in [0.1, 0.15) is 11.8 Å². The Morgan fingerprint density at radius 1 is 1.18 bits per heavy atom. The Morgan fingerprint density at radius 3 is 2.88 bits per heavy atom. The average Bonchev–Trinajstić information content (AvgIpc) is 3.03. The normalized spacial score (nSPS) is 31.4. The van der Waals surface area contributed by atoms with Crippen LogP contribution in [0.5, 0.6) is 0 Å². The van der Waals surface area contributed by atoms with E-state index in [0.29, 0.717) is 11.9 Å². The van der Waals surface area contributed by atoms with Gasteiger partial charge in [0.25, 0.3) is 0 Å². The number of fused-ring (bicyclic) bond motifs is 3. The van der Waals surface area contributed by atoms with Gasteiger partial charge >= 0.3 is 0 Å². The summed E-state index contributed by atoms with van der Waals surface area (Å²) in [4.78, 5) is 12.7. The fraction of sp³-hybridized carbons (Fsp3) is 0.583. The maximum absolute atomic E-state index is 5.82. The Bertz CT molecular complexity index is 575. The molecule has 0 aromatic carbocycles. The van der Waals surface area contributed by atoms with Crippen LogP contribution in [0.4, 0.5) is 5.82 Å². The molecule has 2 aromatic heterocycles. The van der Waals surface area contributed by atoms with Gasteiger partial charge in [0.15, 0.2) is 11.5 Å². The van der Waals surface area contributed by atoms with Crippen molar-refractivity contribution < 1.29 is 0 Å². The second kappa shape index (κ2) is 3.18. The van der Waals surface area contributed by atoms with E-state index in [1.165, 1.54) is 32.0 Å². The Labute approximate surface area is 99.1 Å². The van der Waals surface area contributed by atoms with Crippen LogP contribution in [-0.4, -0.2) is 19.5 Å². The number of nitrogen functional groups attached to an aromatic ring is 1. The van der Waals surface area contributed by atoms with Gasteiger partial charge in [-0.3, -0.25) is 0 Å². The standard InChI is InChI=1S/C12H15N5/c13-11-10-12(15-5-14-11)17(6-16-10)9-4-7-1-2-8(9)3-7/h5-9H,1-4H2,(H2,13,14,15)/t7-,8+,9+/m0/s1. The first-order valence-electron chi connectivity index (χ1n) is 6.26. The highest BCUT2D eigenvalue weighted by Crippen LogP contribution is 2.51. The van der Waals surface area contributed by atoms with Gasteiger partial charge in [0.05, 0.1) is 6.33 Å². The molecule has 4 rings (SSSR count). The molecule has 2 aromatic rings. The van der Waals surface area contributed by atoms with Crippen molar-refractivity contribution in [2.24, 2.45) is 11.8 Å². The van der Waals surface area contributed by atoms with E-state index in [-0.39, 0.29) is 0 Å². The summed E-state index contributed by atoms with van der Waals surface area (Å²) in [5, 5.41) is 0. The SMILES string of the molecule is Nc1ncnc2c1ncn2[C@@H]1C[C@H]2CC[C@@H]1C2. The van der Waals surface area contributed by atoms with E-state index in [2.05, 4.69) is 19.5 Å². The molecule has 2 fully saturated rings. The van der Waals surface area contributed by atoms with Crippen molar-refractivity contribution in [2.75, 3.05) is 5.73 Å². The van der Waals surface area contributed by atoms with Crippen molar-refractivity contribution in [3.63, 3.8) is 0 Å². The number of nitrogens with zero attached hydrogens (tertiary/aromatic N) is 4. The molecule has 0 aliphatic heterocycles. The number of rotatable bonds is 1. The predicted molar refractivity (Wildman–Crippen MR) is 64.2 cm³/mol. The number of hydrogen-bond donors (Lipinski definition) is 1. The van der Waals surface area contributed by atoms with Crippen LogP contribution < -0.4 is 5.73 Å². The number of aromatic nitrogens is 4. The summed E-state index contributed by atoms with van der Waals surface area (Å²) < 4.78 is 2.22. The van der Waals surface area contributed by atoms with Crippen molar-refractivity contribution in [3.05, 3.63) is 12.7 Å². The minimum atomic E-state index is 0.483. The second-order valence-electron chi connectivity index (χ2n) is 5.33. The Hall–Kier alpha value is -1.65. The van der Waals surface area contributed by atoms with Crippen LogP contribution in [0.2, 0.25) is 0 Å². The average molecular weight is 229 g/mol. The predicted octanol–water partition coefficient (Wildman–Crippen LogP) is 1.77. The largest absolute Gasteiger partial charge is 0.382 e. The zero-order chi connectivity index (χ0) is 11.4. The summed E-state index contributed by atoms with van der Waals surface area (Å²) in [6.45, 7) is 0. The third-order valence-corrected chi connectivity index (χ3v) is 4.45. The molecule has 2 aliphatic carbocycles. The van der Waals surface area contributed by atoms with Gasteiger partial charge in [0, 0.05) is 6.04 Å². The van der Waals surface area contributed by atoms with Gasteiger partial charge in [-0.25, -0.2) is 15.0 Å². The van der Waals surface area contributed by atoms with Crippen LogP contribution >= 0.6 is 0 Å². The number of nitrogens with two attached hydrogens (primary N) is 1. The molecule has 88 valence electrons. The third kappa shape index (κ3) is 1.22. The molecule has 3 atom stereocenters. The molecule has 5 heteroatoms. The zero-order valence-electron chi connectivity index (χ0n) is 9.58. The van der Waals surface area contributed by atoms with Gasteiger partial charge in [0.2, 0.25) is 0 Å². The first-order chi connectivity index (χ1) is 8.33. The summed E-state index contributed by atoms with van der Waals surface area (Å²) in [6.07, 6.45) is 8.84. The summed E-state index contributed by atoms with van der Waals surface area (Å²) in [6, 6.07) is 0.577. The lowest BCUT2D eigenvalue weighted by Gasteiger charge is -2.23. The molecule has 2 saturated carbocycles. The lowest BCUT2D eigenvalue weighted by atomic mass is 9.95. The molecule has 0 spiro atoms. The molecular formula is C12H15N5. The number of hydrogen-bond acceptors (Lipinski definition) is 4. The zero-order valence-corrected chi connectivity index (χ0v) is 9.58. The lowest BCUT2D eigenvalue weighted by Crippen LogP contribution is -2.15. The van der Waals surface area contributed by atoms with Gasteiger partial charge in [-0.15, -0.1) is 0 Å². The van der Waals surface area contributed by atoms with E-state index >= 15 is 0 Å². The van der Waals surface area contributed by atoms with E-state index in [0.717, 1.165) is 23.0 Å². The Balaban J connectivity index is 1.84. The highest BCUT2D eigenvalue weighted by atomic mass is 15.2. The number of imidazole rings is 1. The molecule has 2 N–H and O–H groups in total. The first-order valence-corrected chi connectivity index (χ1v) is 6.26. The molecular weight excluding hydrogens is 214 g/mol. The minimum Gasteiger partial charge on any atom is -0.382 e. The van der Waals surface area contributed by atoms with E-state index < -0.39 is 0 Å². The van der Waals surface area contributed by atoms with Crippen molar-refractivity contribution in [1.82, 2.24) is 19.5 Å². The smallest absolute Gasteiger partial charge is 0.165 e. The van der Waals surface area contributed by atoms with Crippen LogP contribution in [0, 0.1) is 11.8 Å². The van der Waals surface area contributed by atoms with E-state index in [1.807, 2.05) is 6.33 Å². The highest BCUT2D eigenvalue weighted by Gasteiger charge is 2.41. The maximum Gasteiger partial charge on any atom is 0.165 e. The Kier molecular flexibility index (Phi) is 1.76. The fourth-order valence-electron chi connectivity index (χ4n) is 3.66. The van der Waals surface area contributed by atoms with Crippen molar-refractivity contribution in [3.8, 4) is 0 Å². The summed E-state index contributed by atoms with van der Waals surface area (Å²) >= 11 is 0. The molecule has 2 heterocycles. The number of anilines is 1. The summed E-state index contributed by atoms with van der Waals surface area (Å²) in [7, 11) is 0. The highest BCUT2D eigenvalue weighted by molar-refractivity contribution is 5.81. The molecule has 0 amide bonds. The molecule has 2 bridgehead atoms. The van der Waals surface area contributed by atoms with Gasteiger partial charge < -0.3 is 10.3 Å². The fourth-order valence-corrected chi connectivity index (χ4v) is 3.66. The van der Waals surface area contributed by atoms with Gasteiger partial charge in [-0.05, 0) is 31.1 Å². The van der Waals surface area contributed by atoms with Crippen LogP contribution in [0.1, 0.15) is 31.7 Å². The van der Waals surface area contributed by atoms with Crippen molar-refractivity contribution >= 4 is 17.0 Å². The molecule has 5 nitrogen and oxygen atoms in total. The Morgan fingerprint density at radius 2 is 2.12 bits per heavy atom. The third-order valence-electron chi connectivity index (χ3n) is 4.45. The molecule has 2 aliphatic rings. The van der Waals surface area contributed by atoms with Crippen molar-refractivity contribution in [2.45, 2.75) is 31.7 Å². The van der Waals surface area contributed by atoms with Gasteiger partial charge in [-0.2, -0.15) is 0 Å². The molecule has 0 radical (unpaired) electrons. The van der Waals surface area contributed by atoms with Crippen LogP contribution in [-0.2, 0) is 0 Å². The van der Waals surface area contributed by atoms with E-state index in [9.17, 15) is 0 Å². The monoisotopic (exact) mass is 229 g/mol. The maximum atomic E-state index is 5.82. The van der Waals surface area contributed by atoms with E-state index in [4.69, 9.17) is 5.73 Å². The topological polar surface area (TPSA) is 69.6 Å². The summed E-state index contributed by atoms with van der Waals surface area (Å²) in [5.74, 6) is 2.21. The summed E-state index contributed by atoms with van der Waals surface area (Å²) in [5.41, 5.74) is 7.46. The van der Waals surface area contributed by atoms with Crippen LogP contribution in [0.15, 0.2) is 12.7 Å². The van der Waals surface area contributed by atoms with Crippen LogP contribution in [0.25, 0.3) is 11.2 Å². The first kappa shape index (κ1) is 9.39. The lowest BCUT2D eigenvalue weighted by molar-refractivity contribution is 0.334. The molecule has 0 unspecified atom stereocenters. The van der Waals surface area contributed by atoms with Gasteiger partial charge in [-0.1, -0.05) is 6.42 Å². The second-order valence-corrected chi connectivity index (χ2v) is 5.33. The van der Waals surface area contributed by atoms with E-state index in [1.54, 1.807) is 0 Å². The van der Waals surface area contributed by atoms with Crippen molar-refractivity contribution in [1.29, 1.82) is 0 Å². The molecule has 17 heavy (non-hydrogen) atoms. The molecule has 0 saturated heterocycles. The van der Waals surface area contributed by atoms with Crippen LogP contribution in [0.3, 0.4) is 0 Å².